The van der Waals surface area contributed by atoms with E-state index in [1.165, 1.54) is 18.4 Å². The van der Waals surface area contributed by atoms with Crippen LogP contribution >= 0.6 is 0 Å². The highest BCUT2D eigenvalue weighted by atomic mass is 16.6. The van der Waals surface area contributed by atoms with Gasteiger partial charge < -0.3 is 4.74 Å². The van der Waals surface area contributed by atoms with Crippen LogP contribution in [0.4, 0.5) is 4.79 Å². The van der Waals surface area contributed by atoms with Crippen molar-refractivity contribution in [3.05, 3.63) is 47.2 Å². The zero-order valence-electron chi connectivity index (χ0n) is 24.6. The molecule has 0 saturated heterocycles. The van der Waals surface area contributed by atoms with E-state index in [-0.39, 0.29) is 35.4 Å². The molecule has 38 heavy (non-hydrogen) atoms. The SMILES string of the molecule is CCCCCC[C@@H]1CC(=O)C2=C(CCCC2)N1C(=O)O[C@@H]1CC[C@@H](C(C)C)C[C@H]1C(C)(C)c1ccccc1. The minimum atomic E-state index is -0.200. The van der Waals surface area contributed by atoms with Crippen molar-refractivity contribution >= 4 is 11.9 Å². The largest absolute Gasteiger partial charge is 0.446 e. The maximum Gasteiger partial charge on any atom is 0.414 e. The summed E-state index contributed by atoms with van der Waals surface area (Å²) in [5, 5.41) is 0. The summed E-state index contributed by atoms with van der Waals surface area (Å²) >= 11 is 0. The van der Waals surface area contributed by atoms with Crippen LogP contribution in [0.5, 0.6) is 0 Å². The average molecular weight is 522 g/mol. The highest BCUT2D eigenvalue weighted by Gasteiger charge is 2.45. The molecule has 0 unspecified atom stereocenters. The fourth-order valence-electron chi connectivity index (χ4n) is 7.35. The molecule has 0 radical (unpaired) electrons. The number of amides is 1. The lowest BCUT2D eigenvalue weighted by atomic mass is 9.62. The first-order chi connectivity index (χ1) is 18.2. The number of hydrogen-bond acceptors (Lipinski definition) is 3. The molecule has 1 heterocycles. The molecule has 0 spiro atoms. The van der Waals surface area contributed by atoms with Gasteiger partial charge in [-0.25, -0.2) is 4.79 Å². The molecule has 0 aromatic heterocycles. The Morgan fingerprint density at radius 1 is 1.05 bits per heavy atom. The standard InChI is InChI=1S/C34H51NO3/c1-6-7-8-12-17-27-23-31(36)28-18-13-14-19-30(28)35(27)33(37)38-32-21-20-25(24(2)3)22-29(32)34(4,5)26-15-10-9-11-16-26/h9-11,15-16,24-25,27,29,32H,6-8,12-14,17-23H2,1-5H3/t25-,27-,29-,32-/m1/s1. The van der Waals surface area contributed by atoms with Gasteiger partial charge >= 0.3 is 6.09 Å². The van der Waals surface area contributed by atoms with Crippen molar-refractivity contribution < 1.29 is 14.3 Å². The number of carbonyl (C=O) groups excluding carboxylic acids is 2. The predicted octanol–water partition coefficient (Wildman–Crippen LogP) is 8.98. The first-order valence-corrected chi connectivity index (χ1v) is 15.5. The van der Waals surface area contributed by atoms with E-state index in [1.807, 2.05) is 4.90 Å². The third-order valence-corrected chi connectivity index (χ3v) is 9.91. The van der Waals surface area contributed by atoms with Crippen LogP contribution in [0.2, 0.25) is 0 Å². The molecule has 1 amide bonds. The summed E-state index contributed by atoms with van der Waals surface area (Å²) in [7, 11) is 0. The Hall–Kier alpha value is -2.10. The molecule has 4 rings (SSSR count). The molecule has 1 saturated carbocycles. The first-order valence-electron chi connectivity index (χ1n) is 15.5. The van der Waals surface area contributed by atoms with E-state index in [9.17, 15) is 9.59 Å². The lowest BCUT2D eigenvalue weighted by Gasteiger charge is -2.47. The van der Waals surface area contributed by atoms with E-state index in [1.54, 1.807) is 0 Å². The first kappa shape index (κ1) is 28.9. The van der Waals surface area contributed by atoms with Crippen LogP contribution in [-0.4, -0.2) is 28.9 Å². The van der Waals surface area contributed by atoms with Gasteiger partial charge in [-0.1, -0.05) is 90.6 Å². The summed E-state index contributed by atoms with van der Waals surface area (Å²) in [4.78, 5) is 29.2. The normalized spacial score (nSPS) is 26.5. The van der Waals surface area contributed by atoms with Crippen LogP contribution in [0.25, 0.3) is 0 Å². The lowest BCUT2D eigenvalue weighted by molar-refractivity contribution is -0.118. The van der Waals surface area contributed by atoms with Gasteiger partial charge in [0.2, 0.25) is 0 Å². The summed E-state index contributed by atoms with van der Waals surface area (Å²) < 4.78 is 6.56. The van der Waals surface area contributed by atoms with Crippen molar-refractivity contribution in [1.82, 2.24) is 4.90 Å². The number of unbranched alkanes of at least 4 members (excludes halogenated alkanes) is 3. The summed E-state index contributed by atoms with van der Waals surface area (Å²) in [6, 6.07) is 10.7. The topological polar surface area (TPSA) is 46.6 Å². The number of carbonyl (C=O) groups is 2. The number of benzene rings is 1. The molecule has 4 nitrogen and oxygen atoms in total. The van der Waals surface area contributed by atoms with Gasteiger partial charge in [-0.2, -0.15) is 0 Å². The van der Waals surface area contributed by atoms with E-state index in [4.69, 9.17) is 4.74 Å². The van der Waals surface area contributed by atoms with Crippen molar-refractivity contribution in [1.29, 1.82) is 0 Å². The molecule has 1 aromatic rings. The van der Waals surface area contributed by atoms with Crippen molar-refractivity contribution in [2.45, 2.75) is 136 Å². The maximum absolute atomic E-state index is 14.1. The van der Waals surface area contributed by atoms with Crippen molar-refractivity contribution in [2.75, 3.05) is 0 Å². The second kappa shape index (κ2) is 12.8. The lowest BCUT2D eigenvalue weighted by Crippen LogP contribution is -2.50. The van der Waals surface area contributed by atoms with Crippen LogP contribution in [0.1, 0.15) is 124 Å². The molecule has 210 valence electrons. The molecule has 0 bridgehead atoms. The summed E-state index contributed by atoms with van der Waals surface area (Å²) in [5.41, 5.74) is 3.09. The molecule has 1 fully saturated rings. The van der Waals surface area contributed by atoms with Gasteiger partial charge in [0.05, 0.1) is 0 Å². The Morgan fingerprint density at radius 3 is 2.50 bits per heavy atom. The zero-order chi connectivity index (χ0) is 27.3. The van der Waals surface area contributed by atoms with E-state index in [2.05, 4.69) is 65.0 Å². The van der Waals surface area contributed by atoms with Gasteiger partial charge in [-0.3, -0.25) is 9.69 Å². The van der Waals surface area contributed by atoms with Crippen LogP contribution in [0.3, 0.4) is 0 Å². The van der Waals surface area contributed by atoms with E-state index < -0.39 is 0 Å². The van der Waals surface area contributed by atoms with Gasteiger partial charge in [0.1, 0.15) is 6.10 Å². The number of ether oxygens (including phenoxy) is 1. The minimum Gasteiger partial charge on any atom is -0.446 e. The van der Waals surface area contributed by atoms with E-state index >= 15 is 0 Å². The molecular formula is C34H51NO3. The number of allylic oxidation sites excluding steroid dienone is 2. The Bertz CT molecular complexity index is 979. The zero-order valence-corrected chi connectivity index (χ0v) is 24.6. The molecular weight excluding hydrogens is 470 g/mol. The second-order valence-corrected chi connectivity index (χ2v) is 13.1. The van der Waals surface area contributed by atoms with E-state index in [0.29, 0.717) is 18.3 Å². The quantitative estimate of drug-likeness (QED) is 0.305. The van der Waals surface area contributed by atoms with Crippen molar-refractivity contribution in [3.8, 4) is 0 Å². The number of rotatable bonds is 9. The Labute approximate surface area is 231 Å². The molecule has 3 aliphatic rings. The fraction of sp³-hybridized carbons (Fsp3) is 0.706. The number of hydrogen-bond donors (Lipinski definition) is 0. The average Bonchev–Trinajstić information content (AvgIpc) is 2.91. The number of Topliss-reactive ketones (excluding diaryl/α,β-unsaturated/α-hetero) is 1. The minimum absolute atomic E-state index is 0.0590. The molecule has 4 atom stereocenters. The Morgan fingerprint density at radius 2 is 1.79 bits per heavy atom. The molecule has 4 heteroatoms. The third-order valence-electron chi connectivity index (χ3n) is 9.91. The smallest absolute Gasteiger partial charge is 0.414 e. The van der Waals surface area contributed by atoms with Gasteiger partial charge in [-0.15, -0.1) is 0 Å². The molecule has 0 N–H and O–H groups in total. The highest BCUT2D eigenvalue weighted by molar-refractivity contribution is 5.98. The van der Waals surface area contributed by atoms with Crippen molar-refractivity contribution in [2.24, 2.45) is 17.8 Å². The maximum atomic E-state index is 14.1. The summed E-state index contributed by atoms with van der Waals surface area (Å²) in [6.45, 7) is 11.5. The van der Waals surface area contributed by atoms with Gasteiger partial charge in [0.25, 0.3) is 0 Å². The third kappa shape index (κ3) is 6.37. The number of ketones is 1. The van der Waals surface area contributed by atoms with Crippen LogP contribution in [-0.2, 0) is 14.9 Å². The van der Waals surface area contributed by atoms with Crippen LogP contribution in [0, 0.1) is 17.8 Å². The van der Waals surface area contributed by atoms with Gasteiger partial charge in [0, 0.05) is 29.7 Å². The molecule has 1 aromatic carbocycles. The number of nitrogens with zero attached hydrogens (tertiary/aromatic N) is 1. The Balaban J connectivity index is 1.59. The summed E-state index contributed by atoms with van der Waals surface area (Å²) in [6.07, 6.45) is 12.4. The van der Waals surface area contributed by atoms with Gasteiger partial charge in [-0.05, 0) is 74.2 Å². The second-order valence-electron chi connectivity index (χ2n) is 13.1. The molecule has 1 aliphatic heterocycles. The van der Waals surface area contributed by atoms with E-state index in [0.717, 1.165) is 75.5 Å². The summed E-state index contributed by atoms with van der Waals surface area (Å²) in [5.74, 6) is 1.79. The monoisotopic (exact) mass is 521 g/mol. The molecule has 2 aliphatic carbocycles. The fourth-order valence-corrected chi connectivity index (χ4v) is 7.35. The highest BCUT2D eigenvalue weighted by Crippen LogP contribution is 2.46. The van der Waals surface area contributed by atoms with Gasteiger partial charge in [0.15, 0.2) is 5.78 Å². The van der Waals surface area contributed by atoms with Crippen molar-refractivity contribution in [3.63, 3.8) is 0 Å². The predicted molar refractivity (Wildman–Crippen MR) is 155 cm³/mol. The Kier molecular flexibility index (Phi) is 9.76. The van der Waals surface area contributed by atoms with Crippen LogP contribution < -0.4 is 0 Å². The van der Waals surface area contributed by atoms with Crippen LogP contribution in [0.15, 0.2) is 41.6 Å².